The summed E-state index contributed by atoms with van der Waals surface area (Å²) in [7, 11) is -4.07. The third-order valence-corrected chi connectivity index (χ3v) is 10.3. The number of rotatable bonds is 13. The highest BCUT2D eigenvalue weighted by molar-refractivity contribution is 7.91. The van der Waals surface area contributed by atoms with E-state index in [-0.39, 0.29) is 23.6 Å². The van der Waals surface area contributed by atoms with Crippen molar-refractivity contribution >= 4 is 39.0 Å². The highest BCUT2D eigenvalue weighted by atomic mass is 35.5. The number of ether oxygens (including phenoxy) is 1. The van der Waals surface area contributed by atoms with Gasteiger partial charge in [-0.25, -0.2) is 18.2 Å². The van der Waals surface area contributed by atoms with Crippen LogP contribution in [0.4, 0.5) is 0 Å². The molecule has 0 unspecified atom stereocenters. The molecule has 0 radical (unpaired) electrons. The van der Waals surface area contributed by atoms with Gasteiger partial charge in [-0.1, -0.05) is 79.0 Å². The first-order valence-corrected chi connectivity index (χ1v) is 17.1. The molecule has 0 aliphatic carbocycles. The lowest BCUT2D eigenvalue weighted by Crippen LogP contribution is -2.49. The van der Waals surface area contributed by atoms with Crippen molar-refractivity contribution in [1.82, 2.24) is 9.55 Å². The van der Waals surface area contributed by atoms with Gasteiger partial charge in [-0.2, -0.15) is 0 Å². The van der Waals surface area contributed by atoms with Gasteiger partial charge in [0.25, 0.3) is 0 Å². The smallest absolute Gasteiger partial charge is 0.335 e. The monoisotopic (exact) mass is 677 g/mol. The standard InChI is InChI=1S/C35H33Cl2N3O5S/c1-2-3-19-40-22-32(30-18-13-27(36)20-31(30)37)39-34(40)35(38,46(43,44)23-25-7-5-4-6-8-25)21-24-9-14-28(15-10-24)45-29-16-11-26(12-17-29)33(41)42/h4-18,20,22H,2-3,19,21,23,38H2,1H3,(H,41,42)/t35-/m0/s1. The van der Waals surface area contributed by atoms with Crippen molar-refractivity contribution in [1.29, 1.82) is 0 Å². The number of nitrogens with zero attached hydrogens (tertiary/aromatic N) is 2. The Bertz CT molecular complexity index is 1930. The Labute approximate surface area is 278 Å². The Kier molecular flexibility index (Phi) is 10.2. The molecule has 0 aliphatic heterocycles. The average Bonchev–Trinajstić information content (AvgIpc) is 3.46. The number of carboxylic acid groups (broad SMARTS) is 1. The molecule has 8 nitrogen and oxygen atoms in total. The van der Waals surface area contributed by atoms with Gasteiger partial charge in [0.05, 0.1) is 22.0 Å². The molecule has 3 N–H and O–H groups in total. The number of aryl methyl sites for hydroxylation is 1. The van der Waals surface area contributed by atoms with Crippen LogP contribution in [0.1, 0.15) is 47.1 Å². The van der Waals surface area contributed by atoms with Crippen LogP contribution >= 0.6 is 23.2 Å². The number of imidazole rings is 1. The number of aromatic carboxylic acids is 1. The average molecular weight is 679 g/mol. The summed E-state index contributed by atoms with van der Waals surface area (Å²) in [5.74, 6) is -0.137. The van der Waals surface area contributed by atoms with Crippen LogP contribution in [0.15, 0.2) is 103 Å². The number of carbonyl (C=O) groups is 1. The van der Waals surface area contributed by atoms with Crippen molar-refractivity contribution in [3.05, 3.63) is 136 Å². The van der Waals surface area contributed by atoms with Crippen LogP contribution in [-0.2, 0) is 33.4 Å². The Morgan fingerprint density at radius 1 is 0.935 bits per heavy atom. The summed E-state index contributed by atoms with van der Waals surface area (Å²) >= 11 is 12.7. The molecule has 0 fully saturated rings. The zero-order valence-electron chi connectivity index (χ0n) is 25.1. The van der Waals surface area contributed by atoms with Gasteiger partial charge >= 0.3 is 5.97 Å². The largest absolute Gasteiger partial charge is 0.478 e. The van der Waals surface area contributed by atoms with Gasteiger partial charge < -0.3 is 20.1 Å². The summed E-state index contributed by atoms with van der Waals surface area (Å²) in [4.78, 5) is 14.1. The van der Waals surface area contributed by atoms with Crippen LogP contribution in [0.5, 0.6) is 11.5 Å². The summed E-state index contributed by atoms with van der Waals surface area (Å²) in [6, 6.07) is 27.0. The number of hydrogen-bond donors (Lipinski definition) is 2. The minimum absolute atomic E-state index is 0.0628. The van der Waals surface area contributed by atoms with Gasteiger partial charge in [0.1, 0.15) is 17.3 Å². The van der Waals surface area contributed by atoms with Crippen LogP contribution in [0.2, 0.25) is 10.0 Å². The lowest BCUT2D eigenvalue weighted by atomic mass is 10.0. The zero-order chi connectivity index (χ0) is 32.9. The predicted octanol–water partition coefficient (Wildman–Crippen LogP) is 8.12. The normalized spacial score (nSPS) is 12.9. The number of unbranched alkanes of at least 4 members (excludes halogenated alkanes) is 1. The van der Waals surface area contributed by atoms with Crippen molar-refractivity contribution in [2.75, 3.05) is 0 Å². The topological polar surface area (TPSA) is 125 Å². The fourth-order valence-electron chi connectivity index (χ4n) is 5.11. The molecular formula is C35H33Cl2N3O5S. The van der Waals surface area contributed by atoms with Crippen LogP contribution < -0.4 is 10.5 Å². The first-order valence-electron chi connectivity index (χ1n) is 14.7. The molecule has 11 heteroatoms. The summed E-state index contributed by atoms with van der Waals surface area (Å²) in [5.41, 5.74) is 9.63. The summed E-state index contributed by atoms with van der Waals surface area (Å²) in [5, 5.41) is 10.0. The number of carboxylic acids is 1. The van der Waals surface area contributed by atoms with Gasteiger partial charge in [0.2, 0.25) is 0 Å². The van der Waals surface area contributed by atoms with Gasteiger partial charge in [0, 0.05) is 29.7 Å². The number of benzene rings is 4. The summed E-state index contributed by atoms with van der Waals surface area (Å²) in [6.45, 7) is 2.57. The third-order valence-electron chi connectivity index (χ3n) is 7.60. The second-order valence-corrected chi connectivity index (χ2v) is 14.1. The SMILES string of the molecule is CCCCn1cc(-c2ccc(Cl)cc2Cl)nc1[C@](N)(Cc1ccc(Oc2ccc(C(=O)O)cc2)cc1)S(=O)(=O)Cc1ccccc1. The van der Waals surface area contributed by atoms with E-state index in [0.717, 1.165) is 12.8 Å². The molecule has 5 aromatic rings. The summed E-state index contributed by atoms with van der Waals surface area (Å²) < 4.78 is 36.5. The molecule has 0 amide bonds. The first kappa shape index (κ1) is 33.2. The van der Waals surface area contributed by atoms with E-state index in [9.17, 15) is 13.2 Å². The van der Waals surface area contributed by atoms with E-state index >= 15 is 0 Å². The first-order chi connectivity index (χ1) is 22.0. The van der Waals surface area contributed by atoms with E-state index in [1.807, 2.05) is 10.6 Å². The minimum Gasteiger partial charge on any atom is -0.478 e. The van der Waals surface area contributed by atoms with Gasteiger partial charge in [-0.05, 0) is 72.1 Å². The van der Waals surface area contributed by atoms with Crippen molar-refractivity contribution in [2.45, 2.75) is 43.4 Å². The van der Waals surface area contributed by atoms with Gasteiger partial charge in [-0.3, -0.25) is 0 Å². The number of hydrogen-bond acceptors (Lipinski definition) is 6. The van der Waals surface area contributed by atoms with E-state index < -0.39 is 20.7 Å². The van der Waals surface area contributed by atoms with Crippen LogP contribution in [0, 0.1) is 0 Å². The van der Waals surface area contributed by atoms with Crippen LogP contribution in [0.25, 0.3) is 11.3 Å². The molecule has 0 bridgehead atoms. The molecule has 0 saturated heterocycles. The third kappa shape index (κ3) is 7.45. The van der Waals surface area contributed by atoms with Gasteiger partial charge in [-0.15, -0.1) is 0 Å². The zero-order valence-corrected chi connectivity index (χ0v) is 27.4. The van der Waals surface area contributed by atoms with Crippen molar-refractivity contribution in [3.8, 4) is 22.8 Å². The Morgan fingerprint density at radius 2 is 1.59 bits per heavy atom. The number of halogens is 2. The molecule has 0 aliphatic rings. The fourth-order valence-corrected chi connectivity index (χ4v) is 7.33. The molecular weight excluding hydrogens is 645 g/mol. The maximum absolute atomic E-state index is 14.4. The molecule has 238 valence electrons. The van der Waals surface area contributed by atoms with Crippen LogP contribution in [0.3, 0.4) is 0 Å². The molecule has 1 aromatic heterocycles. The molecule has 0 spiro atoms. The highest BCUT2D eigenvalue weighted by Gasteiger charge is 2.46. The Hall–Kier alpha value is -4.15. The molecule has 4 aromatic carbocycles. The van der Waals surface area contributed by atoms with Gasteiger partial charge in [0.15, 0.2) is 14.7 Å². The van der Waals surface area contributed by atoms with E-state index in [2.05, 4.69) is 6.92 Å². The minimum atomic E-state index is -4.07. The lowest BCUT2D eigenvalue weighted by molar-refractivity contribution is 0.0697. The maximum Gasteiger partial charge on any atom is 0.335 e. The molecule has 0 saturated carbocycles. The second-order valence-electron chi connectivity index (χ2n) is 11.0. The highest BCUT2D eigenvalue weighted by Crippen LogP contribution is 2.36. The van der Waals surface area contributed by atoms with Crippen molar-refractivity contribution in [2.24, 2.45) is 5.73 Å². The predicted molar refractivity (Wildman–Crippen MR) is 181 cm³/mol. The Balaban J connectivity index is 1.54. The number of aromatic nitrogens is 2. The van der Waals surface area contributed by atoms with Crippen LogP contribution in [-0.4, -0.2) is 29.0 Å². The Morgan fingerprint density at radius 3 is 2.20 bits per heavy atom. The second kappa shape index (κ2) is 14.1. The molecule has 46 heavy (non-hydrogen) atoms. The van der Waals surface area contributed by atoms with Crippen molar-refractivity contribution < 1.29 is 23.1 Å². The van der Waals surface area contributed by atoms with E-state index in [0.29, 0.717) is 50.5 Å². The fraction of sp³-hybridized carbons (Fsp3) is 0.200. The van der Waals surface area contributed by atoms with E-state index in [4.69, 9.17) is 43.8 Å². The quantitative estimate of drug-likeness (QED) is 0.129. The summed E-state index contributed by atoms with van der Waals surface area (Å²) in [6.07, 6.45) is 3.40. The number of nitrogens with two attached hydrogens (primary N) is 1. The maximum atomic E-state index is 14.4. The van der Waals surface area contributed by atoms with Crippen molar-refractivity contribution in [3.63, 3.8) is 0 Å². The number of sulfone groups is 1. The van der Waals surface area contributed by atoms with E-state index in [1.165, 1.54) is 12.1 Å². The molecule has 1 heterocycles. The molecule has 5 rings (SSSR count). The molecule has 1 atom stereocenters. The van der Waals surface area contributed by atoms with E-state index in [1.54, 1.807) is 85.1 Å². The lowest BCUT2D eigenvalue weighted by Gasteiger charge is -2.30.